The number of aryl methyl sites for hydroxylation is 2. The van der Waals surface area contributed by atoms with Gasteiger partial charge in [0, 0.05) is 38.3 Å². The number of aliphatic hydroxyl groups is 1. The third kappa shape index (κ3) is 3.58. The van der Waals surface area contributed by atoms with E-state index in [0.29, 0.717) is 6.54 Å². The maximum atomic E-state index is 12.5. The summed E-state index contributed by atoms with van der Waals surface area (Å²) in [7, 11) is 0. The van der Waals surface area contributed by atoms with E-state index in [1.54, 1.807) is 6.92 Å². The van der Waals surface area contributed by atoms with E-state index in [9.17, 15) is 9.90 Å². The second-order valence-electron chi connectivity index (χ2n) is 5.76. The number of amides is 1. The molecular weight excluding hydrogens is 252 g/mol. The fourth-order valence-electron chi connectivity index (χ4n) is 2.73. The minimum Gasteiger partial charge on any atom is -0.392 e. The highest BCUT2D eigenvalue weighted by Gasteiger charge is 2.23. The Morgan fingerprint density at radius 3 is 2.45 bits per heavy atom. The van der Waals surface area contributed by atoms with Crippen LogP contribution < -0.4 is 0 Å². The monoisotopic (exact) mass is 276 g/mol. The minimum atomic E-state index is -0.309. The molecule has 0 saturated carbocycles. The van der Waals surface area contributed by atoms with Crippen molar-refractivity contribution in [3.05, 3.63) is 34.9 Å². The van der Waals surface area contributed by atoms with Gasteiger partial charge < -0.3 is 10.0 Å². The molecule has 4 heteroatoms. The highest BCUT2D eigenvalue weighted by molar-refractivity contribution is 5.95. The first-order valence-corrected chi connectivity index (χ1v) is 7.24. The summed E-state index contributed by atoms with van der Waals surface area (Å²) in [6, 6.07) is 5.97. The van der Waals surface area contributed by atoms with Gasteiger partial charge in [0.25, 0.3) is 5.91 Å². The second-order valence-corrected chi connectivity index (χ2v) is 5.76. The van der Waals surface area contributed by atoms with E-state index in [1.165, 1.54) is 5.56 Å². The number of rotatable bonds is 3. The van der Waals surface area contributed by atoms with Crippen LogP contribution in [0.15, 0.2) is 18.2 Å². The van der Waals surface area contributed by atoms with Crippen LogP contribution in [0.25, 0.3) is 0 Å². The van der Waals surface area contributed by atoms with Gasteiger partial charge in [-0.1, -0.05) is 17.7 Å². The zero-order valence-electron chi connectivity index (χ0n) is 12.6. The van der Waals surface area contributed by atoms with Gasteiger partial charge in [0.2, 0.25) is 0 Å². The molecule has 1 aliphatic rings. The molecule has 1 aliphatic heterocycles. The second kappa shape index (κ2) is 6.37. The van der Waals surface area contributed by atoms with Crippen LogP contribution in [0.5, 0.6) is 0 Å². The molecule has 1 aromatic carbocycles. The maximum Gasteiger partial charge on any atom is 0.254 e. The minimum absolute atomic E-state index is 0.124. The summed E-state index contributed by atoms with van der Waals surface area (Å²) in [5, 5.41) is 9.40. The molecule has 0 bridgehead atoms. The number of nitrogens with zero attached hydrogens (tertiary/aromatic N) is 2. The number of β-amino-alcohol motifs (C(OH)–C–C–N with tert-alkyl or cyclic N) is 1. The number of piperazine rings is 1. The molecule has 1 heterocycles. The predicted octanol–water partition coefficient (Wildman–Crippen LogP) is 1.44. The summed E-state index contributed by atoms with van der Waals surface area (Å²) in [5.41, 5.74) is 3.03. The third-order valence-electron chi connectivity index (χ3n) is 3.79. The largest absolute Gasteiger partial charge is 0.392 e. The molecule has 0 aromatic heterocycles. The van der Waals surface area contributed by atoms with Crippen molar-refractivity contribution in [1.29, 1.82) is 0 Å². The van der Waals surface area contributed by atoms with E-state index < -0.39 is 0 Å². The number of carbonyl (C=O) groups excluding carboxylic acids is 1. The van der Waals surface area contributed by atoms with Crippen LogP contribution in [0.4, 0.5) is 0 Å². The first-order chi connectivity index (χ1) is 9.47. The lowest BCUT2D eigenvalue weighted by Gasteiger charge is -2.35. The fraction of sp³-hybridized carbons (Fsp3) is 0.562. The SMILES string of the molecule is Cc1ccc(C(=O)N2CCN(C[C@H](C)O)CC2)c(C)c1. The van der Waals surface area contributed by atoms with E-state index in [4.69, 9.17) is 0 Å². The summed E-state index contributed by atoms with van der Waals surface area (Å²) in [5.74, 6) is 0.124. The Kier molecular flexibility index (Phi) is 4.78. The number of carbonyl (C=O) groups is 1. The van der Waals surface area contributed by atoms with Gasteiger partial charge in [-0.15, -0.1) is 0 Å². The lowest BCUT2D eigenvalue weighted by molar-refractivity contribution is 0.0553. The molecule has 1 atom stereocenters. The van der Waals surface area contributed by atoms with Crippen LogP contribution in [0.3, 0.4) is 0 Å². The molecule has 1 fully saturated rings. The van der Waals surface area contributed by atoms with Crippen molar-refractivity contribution in [2.45, 2.75) is 26.9 Å². The number of aliphatic hydroxyl groups excluding tert-OH is 1. The van der Waals surface area contributed by atoms with Crippen LogP contribution in [-0.4, -0.2) is 59.6 Å². The van der Waals surface area contributed by atoms with Gasteiger partial charge in [0.05, 0.1) is 6.10 Å². The summed E-state index contributed by atoms with van der Waals surface area (Å²) in [4.78, 5) is 16.6. The van der Waals surface area contributed by atoms with E-state index in [1.807, 2.05) is 30.9 Å². The summed E-state index contributed by atoms with van der Waals surface area (Å²) >= 11 is 0. The van der Waals surface area contributed by atoms with E-state index in [-0.39, 0.29) is 12.0 Å². The number of benzene rings is 1. The van der Waals surface area contributed by atoms with Gasteiger partial charge in [-0.2, -0.15) is 0 Å². The van der Waals surface area contributed by atoms with Crippen molar-refractivity contribution in [3.8, 4) is 0 Å². The molecular formula is C16H24N2O2. The molecule has 4 nitrogen and oxygen atoms in total. The van der Waals surface area contributed by atoms with Crippen LogP contribution in [0.1, 0.15) is 28.4 Å². The van der Waals surface area contributed by atoms with Crippen molar-refractivity contribution in [2.75, 3.05) is 32.7 Å². The van der Waals surface area contributed by atoms with Crippen molar-refractivity contribution < 1.29 is 9.90 Å². The maximum absolute atomic E-state index is 12.5. The van der Waals surface area contributed by atoms with Crippen LogP contribution in [0, 0.1) is 13.8 Å². The lowest BCUT2D eigenvalue weighted by Crippen LogP contribution is -2.50. The average molecular weight is 276 g/mol. The smallest absolute Gasteiger partial charge is 0.254 e. The molecule has 2 rings (SSSR count). The zero-order chi connectivity index (χ0) is 14.7. The van der Waals surface area contributed by atoms with E-state index in [2.05, 4.69) is 11.0 Å². The Morgan fingerprint density at radius 1 is 1.25 bits per heavy atom. The first-order valence-electron chi connectivity index (χ1n) is 7.24. The van der Waals surface area contributed by atoms with Gasteiger partial charge >= 0.3 is 0 Å². The van der Waals surface area contributed by atoms with Gasteiger partial charge in [0.15, 0.2) is 0 Å². The van der Waals surface area contributed by atoms with Gasteiger partial charge in [-0.05, 0) is 32.4 Å². The Morgan fingerprint density at radius 2 is 1.90 bits per heavy atom. The van der Waals surface area contributed by atoms with Crippen LogP contribution in [-0.2, 0) is 0 Å². The fourth-order valence-corrected chi connectivity index (χ4v) is 2.73. The highest BCUT2D eigenvalue weighted by atomic mass is 16.3. The molecule has 1 N–H and O–H groups in total. The standard InChI is InChI=1S/C16H24N2O2/c1-12-4-5-15(13(2)10-12)16(20)18-8-6-17(7-9-18)11-14(3)19/h4-5,10,14,19H,6-9,11H2,1-3H3/t14-/m0/s1. The number of hydrogen-bond acceptors (Lipinski definition) is 3. The van der Waals surface area contributed by atoms with Crippen LogP contribution in [0.2, 0.25) is 0 Å². The quantitative estimate of drug-likeness (QED) is 0.908. The average Bonchev–Trinajstić information content (AvgIpc) is 2.38. The Bertz CT molecular complexity index is 477. The summed E-state index contributed by atoms with van der Waals surface area (Å²) < 4.78 is 0. The van der Waals surface area contributed by atoms with Crippen molar-refractivity contribution in [2.24, 2.45) is 0 Å². The summed E-state index contributed by atoms with van der Waals surface area (Å²) in [6.45, 7) is 9.65. The van der Waals surface area contributed by atoms with Crippen molar-refractivity contribution >= 4 is 5.91 Å². The molecule has 110 valence electrons. The normalized spacial score (nSPS) is 18.1. The van der Waals surface area contributed by atoms with Crippen LogP contribution >= 0.6 is 0 Å². The molecule has 0 aliphatic carbocycles. The predicted molar refractivity (Wildman–Crippen MR) is 79.9 cm³/mol. The van der Waals surface area contributed by atoms with Gasteiger partial charge in [-0.3, -0.25) is 9.69 Å². The molecule has 1 aromatic rings. The molecule has 20 heavy (non-hydrogen) atoms. The first kappa shape index (κ1) is 15.0. The Labute approximate surface area is 121 Å². The highest BCUT2D eigenvalue weighted by Crippen LogP contribution is 2.14. The lowest BCUT2D eigenvalue weighted by atomic mass is 10.0. The topological polar surface area (TPSA) is 43.8 Å². The molecule has 1 saturated heterocycles. The molecule has 0 unspecified atom stereocenters. The van der Waals surface area contributed by atoms with Gasteiger partial charge in [-0.25, -0.2) is 0 Å². The molecule has 0 spiro atoms. The van der Waals surface area contributed by atoms with Crippen molar-refractivity contribution in [3.63, 3.8) is 0 Å². The Balaban J connectivity index is 1.98. The number of hydrogen-bond donors (Lipinski definition) is 1. The Hall–Kier alpha value is -1.39. The van der Waals surface area contributed by atoms with Gasteiger partial charge in [0.1, 0.15) is 0 Å². The third-order valence-corrected chi connectivity index (χ3v) is 3.79. The molecule has 0 radical (unpaired) electrons. The summed E-state index contributed by atoms with van der Waals surface area (Å²) in [6.07, 6.45) is -0.309. The van der Waals surface area contributed by atoms with E-state index in [0.717, 1.165) is 37.3 Å². The molecule has 1 amide bonds. The van der Waals surface area contributed by atoms with Crippen molar-refractivity contribution in [1.82, 2.24) is 9.80 Å². The van der Waals surface area contributed by atoms with E-state index >= 15 is 0 Å². The zero-order valence-corrected chi connectivity index (χ0v) is 12.6.